The Morgan fingerprint density at radius 1 is 1.22 bits per heavy atom. The Hall–Kier alpha value is -1.13. The van der Waals surface area contributed by atoms with Crippen molar-refractivity contribution in [3.05, 3.63) is 41.5 Å². The monoisotopic (exact) mass is 265 g/mol. The molecule has 0 unspecified atom stereocenters. The minimum Gasteiger partial charge on any atom is -0.229 e. The van der Waals surface area contributed by atoms with Crippen LogP contribution in [0.15, 0.2) is 30.3 Å². The van der Waals surface area contributed by atoms with Gasteiger partial charge in [-0.15, -0.1) is 0 Å². The normalized spacial score (nSPS) is 16.4. The van der Waals surface area contributed by atoms with Crippen LogP contribution in [0, 0.1) is 0 Å². The number of benzene rings is 1. The molecule has 3 nitrogen and oxygen atoms in total. The Kier molecular flexibility index (Phi) is 4.19. The minimum atomic E-state index is -3.37. The summed E-state index contributed by atoms with van der Waals surface area (Å²) in [7, 11) is -3.37. The van der Waals surface area contributed by atoms with Crippen molar-refractivity contribution in [1.82, 2.24) is 0 Å². The Morgan fingerprint density at radius 3 is 2.72 bits per heavy atom. The van der Waals surface area contributed by atoms with Gasteiger partial charge in [-0.1, -0.05) is 30.3 Å². The van der Waals surface area contributed by atoms with E-state index in [-0.39, 0.29) is 5.75 Å². The zero-order valence-electron chi connectivity index (χ0n) is 10.4. The molecule has 2 rings (SSSR count). The van der Waals surface area contributed by atoms with Crippen LogP contribution in [0.4, 0.5) is 0 Å². The fraction of sp³-hybridized carbons (Fsp3) is 0.429. The van der Waals surface area contributed by atoms with Crippen LogP contribution in [0.5, 0.6) is 0 Å². The first kappa shape index (κ1) is 13.3. The van der Waals surface area contributed by atoms with Gasteiger partial charge in [0, 0.05) is 0 Å². The topological polar surface area (TPSA) is 60.2 Å². The fourth-order valence-electron chi connectivity index (χ4n) is 2.29. The molecule has 0 aliphatic heterocycles. The van der Waals surface area contributed by atoms with E-state index < -0.39 is 10.0 Å². The van der Waals surface area contributed by atoms with Gasteiger partial charge in [-0.2, -0.15) is 0 Å². The first-order valence-electron chi connectivity index (χ1n) is 6.33. The van der Waals surface area contributed by atoms with Crippen LogP contribution in [0.1, 0.15) is 36.8 Å². The molecule has 0 bridgehead atoms. The molecule has 1 aromatic rings. The van der Waals surface area contributed by atoms with E-state index in [2.05, 4.69) is 18.2 Å². The van der Waals surface area contributed by atoms with Crippen molar-refractivity contribution >= 4 is 15.6 Å². The van der Waals surface area contributed by atoms with Gasteiger partial charge in [0.15, 0.2) is 0 Å². The Labute approximate surface area is 109 Å². The molecule has 1 aliphatic carbocycles. The number of allylic oxidation sites excluding steroid dienone is 2. The van der Waals surface area contributed by atoms with E-state index >= 15 is 0 Å². The zero-order chi connectivity index (χ0) is 13.0. The highest BCUT2D eigenvalue weighted by atomic mass is 32.2. The summed E-state index contributed by atoms with van der Waals surface area (Å²) in [6, 6.07) is 8.13. The zero-order valence-corrected chi connectivity index (χ0v) is 11.2. The quantitative estimate of drug-likeness (QED) is 0.909. The lowest BCUT2D eigenvalue weighted by atomic mass is 9.92. The summed E-state index contributed by atoms with van der Waals surface area (Å²) in [5.41, 5.74) is 3.65. The second kappa shape index (κ2) is 5.67. The number of aryl methyl sites for hydroxylation is 1. The van der Waals surface area contributed by atoms with Crippen molar-refractivity contribution in [2.75, 3.05) is 5.75 Å². The summed E-state index contributed by atoms with van der Waals surface area (Å²) in [6.45, 7) is 0. The minimum absolute atomic E-state index is 0.00943. The van der Waals surface area contributed by atoms with Crippen LogP contribution in [0.2, 0.25) is 0 Å². The molecule has 0 amide bonds. The molecule has 0 aromatic heterocycles. The van der Waals surface area contributed by atoms with Gasteiger partial charge in [-0.3, -0.25) is 0 Å². The fourth-order valence-corrected chi connectivity index (χ4v) is 2.81. The molecule has 98 valence electrons. The maximum atomic E-state index is 11.0. The number of primary sulfonamides is 1. The van der Waals surface area contributed by atoms with E-state index in [4.69, 9.17) is 5.14 Å². The molecule has 0 spiro atoms. The van der Waals surface area contributed by atoms with Crippen LogP contribution in [-0.2, 0) is 16.4 Å². The van der Waals surface area contributed by atoms with Crippen LogP contribution >= 0.6 is 0 Å². The summed E-state index contributed by atoms with van der Waals surface area (Å²) in [6.07, 6.45) is 7.57. The van der Waals surface area contributed by atoms with Gasteiger partial charge in [0.2, 0.25) is 10.0 Å². The van der Waals surface area contributed by atoms with Gasteiger partial charge in [0.25, 0.3) is 0 Å². The van der Waals surface area contributed by atoms with Crippen molar-refractivity contribution < 1.29 is 8.42 Å². The van der Waals surface area contributed by atoms with Crippen molar-refractivity contribution in [2.45, 2.75) is 32.1 Å². The molecule has 0 saturated heterocycles. The molecule has 1 aromatic carbocycles. The molecule has 0 fully saturated rings. The lowest BCUT2D eigenvalue weighted by molar-refractivity contribution is 0.597. The molecular weight excluding hydrogens is 246 g/mol. The van der Waals surface area contributed by atoms with Crippen molar-refractivity contribution in [1.29, 1.82) is 0 Å². The van der Waals surface area contributed by atoms with Crippen LogP contribution in [0.25, 0.3) is 5.57 Å². The first-order chi connectivity index (χ1) is 8.54. The molecule has 18 heavy (non-hydrogen) atoms. The van der Waals surface area contributed by atoms with Gasteiger partial charge in [-0.25, -0.2) is 13.6 Å². The van der Waals surface area contributed by atoms with Crippen LogP contribution in [0.3, 0.4) is 0 Å². The first-order valence-corrected chi connectivity index (χ1v) is 8.05. The average molecular weight is 265 g/mol. The standard InChI is InChI=1S/C14H19NO2S/c15-18(16,17)10-9-12-5-4-8-14(11-12)13-6-2-1-3-7-13/h4-6,8,11H,1-3,7,9-10H2,(H2,15,16,17). The van der Waals surface area contributed by atoms with Crippen LogP contribution < -0.4 is 5.14 Å². The van der Waals surface area contributed by atoms with E-state index in [1.807, 2.05) is 12.1 Å². The Bertz CT molecular complexity index is 547. The second-order valence-electron chi connectivity index (χ2n) is 4.79. The lowest BCUT2D eigenvalue weighted by Gasteiger charge is -2.13. The maximum absolute atomic E-state index is 11.0. The molecule has 1 aliphatic rings. The highest BCUT2D eigenvalue weighted by Crippen LogP contribution is 2.27. The molecule has 0 heterocycles. The largest absolute Gasteiger partial charge is 0.229 e. The van der Waals surface area contributed by atoms with Crippen molar-refractivity contribution in [3.63, 3.8) is 0 Å². The van der Waals surface area contributed by atoms with Gasteiger partial charge >= 0.3 is 0 Å². The molecular formula is C14H19NO2S. The van der Waals surface area contributed by atoms with Crippen LogP contribution in [-0.4, -0.2) is 14.2 Å². The number of nitrogens with two attached hydrogens (primary N) is 1. The van der Waals surface area contributed by atoms with Gasteiger partial charge in [-0.05, 0) is 48.8 Å². The molecule has 0 atom stereocenters. The summed E-state index contributed by atoms with van der Waals surface area (Å²) in [5, 5.41) is 5.02. The summed E-state index contributed by atoms with van der Waals surface area (Å²) in [4.78, 5) is 0. The predicted octanol–water partition coefficient (Wildman–Crippen LogP) is 2.48. The van der Waals surface area contributed by atoms with E-state index in [9.17, 15) is 8.42 Å². The maximum Gasteiger partial charge on any atom is 0.209 e. The van der Waals surface area contributed by atoms with E-state index in [1.165, 1.54) is 24.0 Å². The SMILES string of the molecule is NS(=O)(=O)CCc1cccc(C2=CCCCC2)c1. The summed E-state index contributed by atoms with van der Waals surface area (Å²) >= 11 is 0. The highest BCUT2D eigenvalue weighted by Gasteiger charge is 2.08. The summed E-state index contributed by atoms with van der Waals surface area (Å²) < 4.78 is 21.9. The average Bonchev–Trinajstić information content (AvgIpc) is 2.37. The number of sulfonamides is 1. The third-order valence-electron chi connectivity index (χ3n) is 3.26. The molecule has 2 N–H and O–H groups in total. The Morgan fingerprint density at radius 2 is 2.06 bits per heavy atom. The number of hydrogen-bond donors (Lipinski definition) is 1. The molecule has 4 heteroatoms. The smallest absolute Gasteiger partial charge is 0.209 e. The molecule has 0 saturated carbocycles. The van der Waals surface area contributed by atoms with E-state index in [0.29, 0.717) is 6.42 Å². The summed E-state index contributed by atoms with van der Waals surface area (Å²) in [5.74, 6) is 0.00943. The highest BCUT2D eigenvalue weighted by molar-refractivity contribution is 7.89. The second-order valence-corrected chi connectivity index (χ2v) is 6.53. The van der Waals surface area contributed by atoms with Crippen molar-refractivity contribution in [3.8, 4) is 0 Å². The van der Waals surface area contributed by atoms with E-state index in [1.54, 1.807) is 0 Å². The Balaban J connectivity index is 2.12. The number of hydrogen-bond acceptors (Lipinski definition) is 2. The third-order valence-corrected chi connectivity index (χ3v) is 4.04. The number of rotatable bonds is 4. The lowest BCUT2D eigenvalue weighted by Crippen LogP contribution is -2.17. The van der Waals surface area contributed by atoms with Gasteiger partial charge in [0.1, 0.15) is 0 Å². The van der Waals surface area contributed by atoms with Crippen molar-refractivity contribution in [2.24, 2.45) is 5.14 Å². The van der Waals surface area contributed by atoms with Gasteiger partial charge < -0.3 is 0 Å². The van der Waals surface area contributed by atoms with E-state index in [0.717, 1.165) is 18.4 Å². The predicted molar refractivity (Wildman–Crippen MR) is 74.6 cm³/mol. The van der Waals surface area contributed by atoms with Gasteiger partial charge in [0.05, 0.1) is 5.75 Å². The third kappa shape index (κ3) is 3.96. The molecule has 0 radical (unpaired) electrons.